The second-order valence-corrected chi connectivity index (χ2v) is 4.14. The Kier molecular flexibility index (Phi) is 2.55. The number of hydrogen-bond acceptors (Lipinski definition) is 6. The van der Waals surface area contributed by atoms with Crippen LogP contribution in [0.3, 0.4) is 0 Å². The molecule has 0 unspecified atom stereocenters. The lowest BCUT2D eigenvalue weighted by atomic mass is 10.5. The van der Waals surface area contributed by atoms with E-state index in [9.17, 15) is 0 Å². The van der Waals surface area contributed by atoms with Crippen LogP contribution in [-0.2, 0) is 0 Å². The van der Waals surface area contributed by atoms with Gasteiger partial charge in [0.05, 0.1) is 7.11 Å². The van der Waals surface area contributed by atoms with Gasteiger partial charge in [-0.3, -0.25) is 5.10 Å². The molecule has 3 aromatic rings. The summed E-state index contributed by atoms with van der Waals surface area (Å²) >= 11 is 0. The molecule has 0 aliphatic rings. The van der Waals surface area contributed by atoms with E-state index in [4.69, 9.17) is 4.74 Å². The first-order chi connectivity index (χ1) is 9.15. The summed E-state index contributed by atoms with van der Waals surface area (Å²) in [5.74, 6) is 2.23. The van der Waals surface area contributed by atoms with E-state index in [0.717, 1.165) is 11.5 Å². The van der Waals surface area contributed by atoms with Crippen LogP contribution in [0.5, 0.6) is 5.88 Å². The summed E-state index contributed by atoms with van der Waals surface area (Å²) in [5, 5.41) is 9.92. The van der Waals surface area contributed by atoms with E-state index in [0.29, 0.717) is 28.8 Å². The summed E-state index contributed by atoms with van der Waals surface area (Å²) in [4.78, 5) is 15.9. The quantitative estimate of drug-likeness (QED) is 0.657. The molecule has 0 radical (unpaired) electrons. The molecule has 0 aliphatic carbocycles. The van der Waals surface area contributed by atoms with Crippen LogP contribution in [-0.4, -0.2) is 37.2 Å². The number of anilines is 2. The van der Waals surface area contributed by atoms with E-state index < -0.39 is 0 Å². The zero-order valence-corrected chi connectivity index (χ0v) is 10.8. The Labute approximate surface area is 108 Å². The minimum absolute atomic E-state index is 0.402. The van der Waals surface area contributed by atoms with Crippen molar-refractivity contribution in [2.75, 3.05) is 12.4 Å². The Hall–Kier alpha value is -2.64. The number of hydrogen-bond donors (Lipinski definition) is 3. The Balaban J connectivity index is 2.03. The van der Waals surface area contributed by atoms with E-state index in [1.165, 1.54) is 0 Å². The van der Waals surface area contributed by atoms with Crippen LogP contribution in [0.4, 0.5) is 11.8 Å². The second kappa shape index (κ2) is 4.23. The normalized spacial score (nSPS) is 10.9. The van der Waals surface area contributed by atoms with Crippen molar-refractivity contribution >= 4 is 22.9 Å². The molecule has 0 aromatic carbocycles. The lowest BCUT2D eigenvalue weighted by Gasteiger charge is -2.03. The summed E-state index contributed by atoms with van der Waals surface area (Å²) in [7, 11) is 1.55. The van der Waals surface area contributed by atoms with Crippen LogP contribution >= 0.6 is 0 Å². The number of nitrogens with one attached hydrogen (secondary N) is 3. The van der Waals surface area contributed by atoms with Gasteiger partial charge in [0.15, 0.2) is 17.0 Å². The third-order valence-corrected chi connectivity index (χ3v) is 2.57. The maximum Gasteiger partial charge on any atom is 0.246 e. The van der Waals surface area contributed by atoms with Gasteiger partial charge in [-0.05, 0) is 13.8 Å². The summed E-state index contributed by atoms with van der Waals surface area (Å²) < 4.78 is 5.22. The van der Waals surface area contributed by atoms with E-state index in [-0.39, 0.29) is 0 Å². The molecule has 0 aliphatic heterocycles. The summed E-state index contributed by atoms with van der Waals surface area (Å²) in [6.45, 7) is 3.77. The largest absolute Gasteiger partial charge is 0.479 e. The van der Waals surface area contributed by atoms with Gasteiger partial charge in [-0.15, -0.1) is 0 Å². The van der Waals surface area contributed by atoms with Crippen LogP contribution in [0.2, 0.25) is 0 Å². The maximum absolute atomic E-state index is 5.22. The highest BCUT2D eigenvalue weighted by Gasteiger charge is 2.12. The summed E-state index contributed by atoms with van der Waals surface area (Å²) in [6.07, 6.45) is 0. The van der Waals surface area contributed by atoms with Gasteiger partial charge in [-0.2, -0.15) is 15.1 Å². The smallest absolute Gasteiger partial charge is 0.246 e. The van der Waals surface area contributed by atoms with Crippen molar-refractivity contribution in [3.63, 3.8) is 0 Å². The molecule has 0 saturated heterocycles. The third kappa shape index (κ3) is 2.07. The predicted octanol–water partition coefficient (Wildman–Crippen LogP) is 1.45. The number of aryl methyl sites for hydroxylation is 2. The van der Waals surface area contributed by atoms with Gasteiger partial charge >= 0.3 is 0 Å². The minimum atomic E-state index is 0.402. The molecule has 98 valence electrons. The maximum atomic E-state index is 5.22. The zero-order chi connectivity index (χ0) is 13.4. The van der Waals surface area contributed by atoms with Crippen molar-refractivity contribution in [2.45, 2.75) is 13.8 Å². The van der Waals surface area contributed by atoms with Crippen molar-refractivity contribution in [2.24, 2.45) is 0 Å². The van der Waals surface area contributed by atoms with Gasteiger partial charge < -0.3 is 15.0 Å². The van der Waals surface area contributed by atoms with E-state index >= 15 is 0 Å². The molecule has 3 aromatic heterocycles. The molecule has 19 heavy (non-hydrogen) atoms. The van der Waals surface area contributed by atoms with Crippen LogP contribution in [0.15, 0.2) is 6.07 Å². The highest BCUT2D eigenvalue weighted by Crippen LogP contribution is 2.22. The average molecular weight is 259 g/mol. The highest BCUT2D eigenvalue weighted by molar-refractivity contribution is 5.78. The lowest BCUT2D eigenvalue weighted by molar-refractivity contribution is 0.402. The van der Waals surface area contributed by atoms with Crippen LogP contribution < -0.4 is 10.1 Å². The molecule has 0 bridgehead atoms. The van der Waals surface area contributed by atoms with Crippen LogP contribution in [0, 0.1) is 13.8 Å². The average Bonchev–Trinajstić information content (AvgIpc) is 2.93. The van der Waals surface area contributed by atoms with Crippen molar-refractivity contribution in [3.05, 3.63) is 17.6 Å². The molecule has 0 spiro atoms. The zero-order valence-electron chi connectivity index (χ0n) is 10.8. The number of methoxy groups -OCH3 is 1. The first-order valence-electron chi connectivity index (χ1n) is 5.73. The summed E-state index contributed by atoms with van der Waals surface area (Å²) in [5.41, 5.74) is 2.19. The predicted molar refractivity (Wildman–Crippen MR) is 69.6 cm³/mol. The number of aromatic nitrogens is 6. The molecule has 0 atom stereocenters. The number of imidazole rings is 1. The van der Waals surface area contributed by atoms with Crippen LogP contribution in [0.25, 0.3) is 11.2 Å². The number of fused-ring (bicyclic) bond motifs is 1. The molecule has 0 fully saturated rings. The lowest BCUT2D eigenvalue weighted by Crippen LogP contribution is -2.00. The molecular formula is C11H13N7O. The Morgan fingerprint density at radius 2 is 2.05 bits per heavy atom. The van der Waals surface area contributed by atoms with Crippen molar-refractivity contribution < 1.29 is 4.74 Å². The van der Waals surface area contributed by atoms with E-state index in [1.54, 1.807) is 7.11 Å². The Morgan fingerprint density at radius 1 is 1.21 bits per heavy atom. The number of aromatic amines is 2. The first-order valence-corrected chi connectivity index (χ1v) is 5.73. The van der Waals surface area contributed by atoms with E-state index in [1.807, 2.05) is 19.9 Å². The molecule has 0 amide bonds. The van der Waals surface area contributed by atoms with Gasteiger partial charge in [0.1, 0.15) is 5.82 Å². The molecular weight excluding hydrogens is 246 g/mol. The van der Waals surface area contributed by atoms with Crippen LogP contribution in [0.1, 0.15) is 11.5 Å². The fourth-order valence-corrected chi connectivity index (χ4v) is 1.78. The summed E-state index contributed by atoms with van der Waals surface area (Å²) in [6, 6.07) is 1.86. The van der Waals surface area contributed by atoms with Crippen molar-refractivity contribution in [1.82, 2.24) is 30.1 Å². The standard InChI is InChI=1S/C11H13N7O/c1-5-4-7(18-17-5)14-11-15-9-8(10(16-11)19-3)12-6(2)13-9/h4H,1-3H3,(H3,12,13,14,15,16,17,18). The molecule has 3 N–H and O–H groups in total. The van der Waals surface area contributed by atoms with Gasteiger partial charge in [0, 0.05) is 11.8 Å². The monoisotopic (exact) mass is 259 g/mol. The minimum Gasteiger partial charge on any atom is -0.479 e. The van der Waals surface area contributed by atoms with Crippen molar-refractivity contribution in [1.29, 1.82) is 0 Å². The Bertz CT molecular complexity index is 730. The second-order valence-electron chi connectivity index (χ2n) is 4.14. The number of H-pyrrole nitrogens is 2. The number of rotatable bonds is 3. The van der Waals surface area contributed by atoms with Gasteiger partial charge in [0.25, 0.3) is 0 Å². The first kappa shape index (κ1) is 11.5. The van der Waals surface area contributed by atoms with Gasteiger partial charge in [0.2, 0.25) is 11.8 Å². The molecule has 3 rings (SSSR count). The topological polar surface area (TPSA) is 104 Å². The SMILES string of the molecule is COc1nc(Nc2cc(C)[nH]n2)nc2[nH]c(C)nc12. The fourth-order valence-electron chi connectivity index (χ4n) is 1.78. The number of ether oxygens (including phenoxy) is 1. The molecule has 8 heteroatoms. The van der Waals surface area contributed by atoms with Gasteiger partial charge in [-0.25, -0.2) is 4.98 Å². The van der Waals surface area contributed by atoms with E-state index in [2.05, 4.69) is 35.5 Å². The van der Waals surface area contributed by atoms with Crippen molar-refractivity contribution in [3.8, 4) is 5.88 Å². The fraction of sp³-hybridized carbons (Fsp3) is 0.273. The highest BCUT2D eigenvalue weighted by atomic mass is 16.5. The molecule has 3 heterocycles. The number of nitrogens with zero attached hydrogens (tertiary/aromatic N) is 4. The Morgan fingerprint density at radius 3 is 2.74 bits per heavy atom. The molecule has 0 saturated carbocycles. The molecule has 8 nitrogen and oxygen atoms in total. The third-order valence-electron chi connectivity index (χ3n) is 2.57. The van der Waals surface area contributed by atoms with Gasteiger partial charge in [-0.1, -0.05) is 0 Å².